The molecule has 0 radical (unpaired) electrons. The Balaban J connectivity index is 0.000000405. The van der Waals surface area contributed by atoms with E-state index >= 15 is 0 Å². The normalized spacial score (nSPS) is 15.7. The molecule has 0 atom stereocenters. The van der Waals surface area contributed by atoms with Crippen LogP contribution in [0.1, 0.15) is 23.2 Å². The number of nitrogens with zero attached hydrogens (tertiary/aromatic N) is 5. The van der Waals surface area contributed by atoms with E-state index in [0.29, 0.717) is 37.8 Å². The van der Waals surface area contributed by atoms with Crippen LogP contribution >= 0.6 is 11.6 Å². The first-order valence-corrected chi connectivity index (χ1v) is 11.6. The number of carboxylic acids is 1. The predicted molar refractivity (Wildman–Crippen MR) is 127 cm³/mol. The first-order chi connectivity index (χ1) is 17.5. The molecule has 1 aliphatic heterocycles. The monoisotopic (exact) mass is 540 g/mol. The van der Waals surface area contributed by atoms with Gasteiger partial charge in [0.25, 0.3) is 5.91 Å². The number of carbonyl (C=O) groups excluding carboxylic acids is 1. The highest BCUT2D eigenvalue weighted by molar-refractivity contribution is 6.33. The molecule has 37 heavy (non-hydrogen) atoms. The molecular formula is C23H21ClF4N6O3. The van der Waals surface area contributed by atoms with Gasteiger partial charge in [-0.2, -0.15) is 13.2 Å². The highest BCUT2D eigenvalue weighted by Crippen LogP contribution is 2.31. The van der Waals surface area contributed by atoms with Gasteiger partial charge in [0.2, 0.25) is 0 Å². The van der Waals surface area contributed by atoms with Crippen LogP contribution in [-0.4, -0.2) is 75.2 Å². The number of carbonyl (C=O) groups is 2. The van der Waals surface area contributed by atoms with Crippen molar-refractivity contribution in [1.82, 2.24) is 19.9 Å². The maximum absolute atomic E-state index is 13.3. The third kappa shape index (κ3) is 6.53. The summed E-state index contributed by atoms with van der Waals surface area (Å²) in [4.78, 5) is 39.3. The van der Waals surface area contributed by atoms with Crippen LogP contribution in [0.3, 0.4) is 0 Å². The second-order valence-corrected chi connectivity index (χ2v) is 8.79. The fraction of sp³-hybridized carbons (Fsp3) is 0.348. The average molecular weight is 541 g/mol. The van der Waals surface area contributed by atoms with E-state index in [9.17, 15) is 22.4 Å². The Morgan fingerprint density at radius 3 is 2.32 bits per heavy atom. The van der Waals surface area contributed by atoms with E-state index in [1.165, 1.54) is 18.2 Å². The molecule has 9 nitrogen and oxygen atoms in total. The van der Waals surface area contributed by atoms with Crippen molar-refractivity contribution in [1.29, 1.82) is 0 Å². The number of alkyl halides is 3. The van der Waals surface area contributed by atoms with Crippen LogP contribution in [0.5, 0.6) is 0 Å². The van der Waals surface area contributed by atoms with Crippen LogP contribution < -0.4 is 10.2 Å². The third-order valence-electron chi connectivity index (χ3n) is 5.64. The Morgan fingerprint density at radius 1 is 1.05 bits per heavy atom. The molecule has 2 N–H and O–H groups in total. The zero-order valence-electron chi connectivity index (χ0n) is 19.2. The number of hydrogen-bond acceptors (Lipinski definition) is 7. The van der Waals surface area contributed by atoms with E-state index in [0.717, 1.165) is 35.5 Å². The number of anilines is 2. The lowest BCUT2D eigenvalue weighted by Gasteiger charge is -2.36. The van der Waals surface area contributed by atoms with Crippen LogP contribution in [0.15, 0.2) is 36.7 Å². The maximum Gasteiger partial charge on any atom is 0.490 e. The Labute approximate surface area is 213 Å². The number of aliphatic carboxylic acids is 1. The number of fused-ring (bicyclic) bond motifs is 1. The first-order valence-electron chi connectivity index (χ1n) is 11.2. The number of aromatic nitrogens is 3. The van der Waals surface area contributed by atoms with Crippen LogP contribution in [-0.2, 0) is 4.79 Å². The summed E-state index contributed by atoms with van der Waals surface area (Å²) < 4.78 is 45.0. The third-order valence-corrected chi connectivity index (χ3v) is 5.95. The lowest BCUT2D eigenvalue weighted by Crippen LogP contribution is -2.49. The molecule has 0 bridgehead atoms. The Kier molecular flexibility index (Phi) is 7.62. The minimum atomic E-state index is -5.08. The number of pyridine rings is 1. The number of carboxylic acid groups (broad SMARTS) is 1. The van der Waals surface area contributed by atoms with Gasteiger partial charge in [0, 0.05) is 38.4 Å². The summed E-state index contributed by atoms with van der Waals surface area (Å²) in [5, 5.41) is 10.7. The molecule has 3 heterocycles. The zero-order valence-corrected chi connectivity index (χ0v) is 19.9. The van der Waals surface area contributed by atoms with Crippen molar-refractivity contribution in [2.24, 2.45) is 0 Å². The first kappa shape index (κ1) is 26.3. The maximum atomic E-state index is 13.3. The van der Waals surface area contributed by atoms with Gasteiger partial charge in [-0.1, -0.05) is 11.6 Å². The summed E-state index contributed by atoms with van der Waals surface area (Å²) in [6.45, 7) is 2.26. The fourth-order valence-electron chi connectivity index (χ4n) is 3.59. The molecule has 1 aliphatic carbocycles. The number of halogens is 5. The van der Waals surface area contributed by atoms with Crippen molar-refractivity contribution in [3.63, 3.8) is 0 Å². The van der Waals surface area contributed by atoms with E-state index in [-0.39, 0.29) is 10.9 Å². The molecule has 1 amide bonds. The van der Waals surface area contributed by atoms with E-state index in [1.807, 2.05) is 6.07 Å². The van der Waals surface area contributed by atoms with Gasteiger partial charge in [-0.3, -0.25) is 9.78 Å². The molecule has 1 aromatic carbocycles. The smallest absolute Gasteiger partial charge is 0.475 e. The summed E-state index contributed by atoms with van der Waals surface area (Å²) in [6.07, 6.45) is 0.609. The minimum absolute atomic E-state index is 0.131. The van der Waals surface area contributed by atoms with Crippen LogP contribution in [0.25, 0.3) is 11.0 Å². The number of amides is 1. The summed E-state index contributed by atoms with van der Waals surface area (Å²) >= 11 is 6.07. The highest BCUT2D eigenvalue weighted by Gasteiger charge is 2.38. The predicted octanol–water partition coefficient (Wildman–Crippen LogP) is 3.99. The highest BCUT2D eigenvalue weighted by atomic mass is 35.5. The van der Waals surface area contributed by atoms with Gasteiger partial charge in [-0.05, 0) is 37.1 Å². The second-order valence-electron chi connectivity index (χ2n) is 8.39. The molecule has 2 aromatic heterocycles. The topological polar surface area (TPSA) is 112 Å². The van der Waals surface area contributed by atoms with E-state index in [1.54, 1.807) is 17.3 Å². The molecule has 5 rings (SSSR count). The van der Waals surface area contributed by atoms with Crippen LogP contribution in [0.4, 0.5) is 29.2 Å². The molecule has 0 unspecified atom stereocenters. The Morgan fingerprint density at radius 2 is 1.73 bits per heavy atom. The fourth-order valence-corrected chi connectivity index (χ4v) is 3.84. The van der Waals surface area contributed by atoms with Crippen molar-refractivity contribution in [2.45, 2.75) is 25.1 Å². The second kappa shape index (κ2) is 10.7. The molecular weight excluding hydrogens is 520 g/mol. The van der Waals surface area contributed by atoms with E-state index in [2.05, 4.69) is 15.2 Å². The SMILES string of the molecule is O=C(O)C(F)(F)F.O=C(c1ccc(F)cc1Cl)N1CCN(c2nc3cnccc3nc2NC2CC2)CC1. The summed E-state index contributed by atoms with van der Waals surface area (Å²) in [5.74, 6) is -1.84. The van der Waals surface area contributed by atoms with E-state index < -0.39 is 18.0 Å². The van der Waals surface area contributed by atoms with Gasteiger partial charge < -0.3 is 20.2 Å². The average Bonchev–Trinajstić information content (AvgIpc) is 3.67. The Bertz CT molecular complexity index is 1310. The van der Waals surface area contributed by atoms with Gasteiger partial charge in [-0.25, -0.2) is 19.2 Å². The molecule has 0 spiro atoms. The molecule has 1 saturated heterocycles. The van der Waals surface area contributed by atoms with Gasteiger partial charge in [0.15, 0.2) is 11.6 Å². The van der Waals surface area contributed by atoms with Crippen molar-refractivity contribution in [2.75, 3.05) is 36.4 Å². The largest absolute Gasteiger partial charge is 0.490 e. The molecule has 3 aromatic rings. The number of rotatable bonds is 4. The van der Waals surface area contributed by atoms with Crippen molar-refractivity contribution in [3.05, 3.63) is 53.1 Å². The summed E-state index contributed by atoms with van der Waals surface area (Å²) in [5.41, 5.74) is 1.86. The summed E-state index contributed by atoms with van der Waals surface area (Å²) in [6, 6.07) is 6.16. The van der Waals surface area contributed by atoms with E-state index in [4.69, 9.17) is 31.5 Å². The lowest BCUT2D eigenvalue weighted by atomic mass is 10.1. The van der Waals surface area contributed by atoms with Gasteiger partial charge in [-0.15, -0.1) is 0 Å². The standard InChI is InChI=1S/C21H20ClFN6O.C2HF3O2/c22-16-11-13(23)1-4-15(16)21(30)29-9-7-28(8-10-29)20-19(25-14-2-3-14)26-17-5-6-24-12-18(17)27-20;3-2(4,5)1(6)7/h1,4-6,11-12,14H,2-3,7-10H2,(H,25,26);(H,6,7). The molecule has 196 valence electrons. The number of piperazine rings is 1. The van der Waals surface area contributed by atoms with Gasteiger partial charge >= 0.3 is 12.1 Å². The minimum Gasteiger partial charge on any atom is -0.475 e. The van der Waals surface area contributed by atoms with Crippen molar-refractivity contribution >= 4 is 46.1 Å². The molecule has 14 heteroatoms. The molecule has 1 saturated carbocycles. The number of nitrogens with one attached hydrogen (secondary N) is 1. The Hall–Kier alpha value is -3.74. The molecule has 2 aliphatic rings. The number of hydrogen-bond donors (Lipinski definition) is 2. The molecule has 2 fully saturated rings. The quantitative estimate of drug-likeness (QED) is 0.478. The van der Waals surface area contributed by atoms with Gasteiger partial charge in [0.05, 0.1) is 22.3 Å². The van der Waals surface area contributed by atoms with Crippen LogP contribution in [0.2, 0.25) is 5.02 Å². The zero-order chi connectivity index (χ0) is 26.7. The summed E-state index contributed by atoms with van der Waals surface area (Å²) in [7, 11) is 0. The van der Waals surface area contributed by atoms with Crippen molar-refractivity contribution in [3.8, 4) is 0 Å². The number of benzene rings is 1. The lowest BCUT2D eigenvalue weighted by molar-refractivity contribution is -0.192. The van der Waals surface area contributed by atoms with Gasteiger partial charge in [0.1, 0.15) is 11.3 Å². The van der Waals surface area contributed by atoms with Crippen molar-refractivity contribution < 1.29 is 32.3 Å². The van der Waals surface area contributed by atoms with Crippen LogP contribution in [0, 0.1) is 5.82 Å².